The van der Waals surface area contributed by atoms with Crippen molar-refractivity contribution in [1.29, 1.82) is 0 Å². The van der Waals surface area contributed by atoms with Crippen LogP contribution in [0.15, 0.2) is 24.5 Å². The Hall–Kier alpha value is -2.71. The highest BCUT2D eigenvalue weighted by molar-refractivity contribution is 6.30. The van der Waals surface area contributed by atoms with E-state index >= 15 is 0 Å². The maximum atomic E-state index is 12.3. The number of benzene rings is 1. The second kappa shape index (κ2) is 6.54. The monoisotopic (exact) mass is 373 g/mol. The van der Waals surface area contributed by atoms with Gasteiger partial charge in [-0.25, -0.2) is 14.5 Å². The molecule has 1 aromatic carbocycles. The number of carbonyl (C=O) groups is 1. The number of carbonyl (C=O) groups excluding carboxylic acids is 1. The maximum absolute atomic E-state index is 12.3. The fourth-order valence-electron chi connectivity index (χ4n) is 3.10. The summed E-state index contributed by atoms with van der Waals surface area (Å²) in [5, 5.41) is 9.07. The summed E-state index contributed by atoms with van der Waals surface area (Å²) in [7, 11) is 1.60. The quantitative estimate of drug-likeness (QED) is 0.510. The number of nitrogens with zero attached hydrogens (tertiary/aromatic N) is 5. The third-order valence-electron chi connectivity index (χ3n) is 4.22. The summed E-state index contributed by atoms with van der Waals surface area (Å²) in [5.74, 6) is -0.453. The van der Waals surface area contributed by atoms with Crippen molar-refractivity contribution in [3.05, 3.63) is 52.3 Å². The molecular formula is C17H16ClN5O3. The molecule has 0 amide bonds. The lowest BCUT2D eigenvalue weighted by Gasteiger charge is -2.10. The molecule has 4 rings (SSSR count). The summed E-state index contributed by atoms with van der Waals surface area (Å²) in [4.78, 5) is 16.6. The molecule has 0 bridgehead atoms. The number of esters is 1. The van der Waals surface area contributed by atoms with Gasteiger partial charge in [-0.3, -0.25) is 4.57 Å². The van der Waals surface area contributed by atoms with Gasteiger partial charge < -0.3 is 9.47 Å². The van der Waals surface area contributed by atoms with Crippen LogP contribution in [0.4, 0.5) is 0 Å². The number of ether oxygens (including phenoxy) is 2. The van der Waals surface area contributed by atoms with Gasteiger partial charge in [0.25, 0.3) is 0 Å². The summed E-state index contributed by atoms with van der Waals surface area (Å²) in [6.07, 6.45) is 2.02. The molecule has 0 fully saturated rings. The lowest BCUT2D eigenvalue weighted by atomic mass is 10.1. The van der Waals surface area contributed by atoms with Gasteiger partial charge in [0.1, 0.15) is 12.0 Å². The smallest absolute Gasteiger partial charge is 0.358 e. The summed E-state index contributed by atoms with van der Waals surface area (Å²) in [6, 6.07) is 5.46. The highest BCUT2D eigenvalue weighted by atomic mass is 35.5. The van der Waals surface area contributed by atoms with E-state index in [0.717, 1.165) is 17.1 Å². The Kier molecular flexibility index (Phi) is 4.21. The Balaban J connectivity index is 1.97. The molecule has 8 nitrogen and oxygen atoms in total. The zero-order chi connectivity index (χ0) is 18.3. The molecule has 0 unspecified atom stereocenters. The largest absolute Gasteiger partial charge is 0.461 e. The van der Waals surface area contributed by atoms with E-state index in [4.69, 9.17) is 21.1 Å². The van der Waals surface area contributed by atoms with Gasteiger partial charge in [0.2, 0.25) is 0 Å². The molecule has 0 saturated carbocycles. The van der Waals surface area contributed by atoms with Gasteiger partial charge >= 0.3 is 5.97 Å². The van der Waals surface area contributed by atoms with Crippen molar-refractivity contribution in [2.45, 2.75) is 20.0 Å². The molecule has 3 aromatic rings. The molecule has 26 heavy (non-hydrogen) atoms. The van der Waals surface area contributed by atoms with Crippen LogP contribution in [0.1, 0.15) is 34.5 Å². The molecular weight excluding hydrogens is 358 g/mol. The molecule has 3 heterocycles. The predicted molar refractivity (Wildman–Crippen MR) is 93.0 cm³/mol. The minimum Gasteiger partial charge on any atom is -0.461 e. The second-order valence-electron chi connectivity index (χ2n) is 5.77. The summed E-state index contributed by atoms with van der Waals surface area (Å²) in [6.45, 7) is 2.36. The third-order valence-corrected chi connectivity index (χ3v) is 4.46. The fraction of sp³-hybridized carbons (Fsp3) is 0.294. The average Bonchev–Trinajstić information content (AvgIpc) is 3.18. The van der Waals surface area contributed by atoms with Crippen molar-refractivity contribution in [1.82, 2.24) is 24.5 Å². The van der Waals surface area contributed by atoms with E-state index in [9.17, 15) is 4.79 Å². The topological polar surface area (TPSA) is 84.1 Å². The Labute approximate surface area is 154 Å². The van der Waals surface area contributed by atoms with Gasteiger partial charge in [-0.1, -0.05) is 16.8 Å². The molecule has 9 heteroatoms. The van der Waals surface area contributed by atoms with E-state index in [1.807, 2.05) is 16.7 Å². The summed E-state index contributed by atoms with van der Waals surface area (Å²) < 4.78 is 14.0. The molecule has 1 aliphatic heterocycles. The summed E-state index contributed by atoms with van der Waals surface area (Å²) in [5.41, 5.74) is 4.08. The highest BCUT2D eigenvalue weighted by Crippen LogP contribution is 2.32. The molecule has 1 aliphatic rings. The van der Waals surface area contributed by atoms with E-state index in [1.54, 1.807) is 31.1 Å². The first kappa shape index (κ1) is 16.7. The minimum atomic E-state index is -0.453. The van der Waals surface area contributed by atoms with Crippen LogP contribution in [0.3, 0.4) is 0 Å². The molecule has 0 aliphatic carbocycles. The average molecular weight is 374 g/mol. The molecule has 134 valence electrons. The van der Waals surface area contributed by atoms with E-state index in [1.165, 1.54) is 0 Å². The predicted octanol–water partition coefficient (Wildman–Crippen LogP) is 2.33. The van der Waals surface area contributed by atoms with E-state index in [-0.39, 0.29) is 12.3 Å². The molecule has 0 radical (unpaired) electrons. The molecule has 0 spiro atoms. The lowest BCUT2D eigenvalue weighted by Crippen LogP contribution is -2.11. The standard InChI is InChI=1S/C17H16ClN5O3/c1-3-26-17(24)16-15-7-13-11(8-25-2)20-21-23(13)14-6-10(18)4-5-12(14)22(15)9-19-16/h4-6,9H,3,7-8H2,1-2H3. The van der Waals surface area contributed by atoms with Crippen molar-refractivity contribution in [3.63, 3.8) is 0 Å². The lowest BCUT2D eigenvalue weighted by molar-refractivity contribution is 0.0519. The van der Waals surface area contributed by atoms with Gasteiger partial charge in [-0.05, 0) is 25.1 Å². The van der Waals surface area contributed by atoms with Gasteiger partial charge in [-0.2, -0.15) is 0 Å². The first-order valence-corrected chi connectivity index (χ1v) is 8.47. The van der Waals surface area contributed by atoms with Crippen LogP contribution in [-0.2, 0) is 22.5 Å². The van der Waals surface area contributed by atoms with Crippen LogP contribution in [0.5, 0.6) is 0 Å². The Morgan fingerprint density at radius 2 is 2.15 bits per heavy atom. The molecule has 2 aromatic heterocycles. The maximum Gasteiger partial charge on any atom is 0.358 e. The van der Waals surface area contributed by atoms with E-state index < -0.39 is 5.97 Å². The van der Waals surface area contributed by atoms with Crippen molar-refractivity contribution >= 4 is 17.6 Å². The number of imidazole rings is 1. The van der Waals surface area contributed by atoms with E-state index in [0.29, 0.717) is 29.4 Å². The van der Waals surface area contributed by atoms with Crippen LogP contribution in [-0.4, -0.2) is 44.2 Å². The first-order valence-electron chi connectivity index (χ1n) is 8.10. The van der Waals surface area contributed by atoms with Crippen molar-refractivity contribution < 1.29 is 14.3 Å². The zero-order valence-electron chi connectivity index (χ0n) is 14.3. The normalized spacial score (nSPS) is 12.1. The fourth-order valence-corrected chi connectivity index (χ4v) is 3.27. The van der Waals surface area contributed by atoms with E-state index in [2.05, 4.69) is 15.3 Å². The van der Waals surface area contributed by atoms with Crippen molar-refractivity contribution in [2.75, 3.05) is 13.7 Å². The molecule has 0 atom stereocenters. The van der Waals surface area contributed by atoms with Crippen molar-refractivity contribution in [2.24, 2.45) is 0 Å². The van der Waals surface area contributed by atoms with Gasteiger partial charge in [0.05, 0.1) is 36.0 Å². The van der Waals surface area contributed by atoms with Crippen LogP contribution in [0.25, 0.3) is 11.4 Å². The van der Waals surface area contributed by atoms with Crippen molar-refractivity contribution in [3.8, 4) is 11.4 Å². The van der Waals surface area contributed by atoms with Crippen LogP contribution in [0.2, 0.25) is 5.02 Å². The number of hydrogen-bond donors (Lipinski definition) is 0. The second-order valence-corrected chi connectivity index (χ2v) is 6.20. The number of methoxy groups -OCH3 is 1. The highest BCUT2D eigenvalue weighted by Gasteiger charge is 2.28. The molecule has 0 saturated heterocycles. The third kappa shape index (κ3) is 2.58. The Bertz CT molecular complexity index is 994. The number of aromatic nitrogens is 5. The SMILES string of the molecule is CCOC(=O)c1ncn2c1Cc1c(COC)nnn1-c1cc(Cl)ccc1-2. The van der Waals surface area contributed by atoms with Gasteiger partial charge in [0, 0.05) is 18.6 Å². The molecule has 0 N–H and O–H groups in total. The Morgan fingerprint density at radius 3 is 2.92 bits per heavy atom. The Morgan fingerprint density at radius 1 is 1.31 bits per heavy atom. The van der Waals surface area contributed by atoms with Crippen LogP contribution >= 0.6 is 11.6 Å². The first-order chi connectivity index (χ1) is 12.6. The van der Waals surface area contributed by atoms with Crippen LogP contribution in [0, 0.1) is 0 Å². The minimum absolute atomic E-state index is 0.283. The van der Waals surface area contributed by atoms with Gasteiger partial charge in [-0.15, -0.1) is 5.10 Å². The summed E-state index contributed by atoms with van der Waals surface area (Å²) >= 11 is 6.20. The number of rotatable bonds is 4. The number of fused-ring (bicyclic) bond motifs is 5. The van der Waals surface area contributed by atoms with Crippen LogP contribution < -0.4 is 0 Å². The zero-order valence-corrected chi connectivity index (χ0v) is 15.0. The number of halogens is 1. The number of hydrogen-bond acceptors (Lipinski definition) is 6. The van der Waals surface area contributed by atoms with Gasteiger partial charge in [0.15, 0.2) is 5.69 Å².